The number of amidine groups is 2. The van der Waals surface area contributed by atoms with Crippen molar-refractivity contribution in [2.24, 2.45) is 17.2 Å². The molecule has 0 aromatic heterocycles. The van der Waals surface area contributed by atoms with E-state index in [9.17, 15) is 60.6 Å². The maximum Gasteiger partial charge on any atom is 0.409 e. The molecule has 4 rings (SSSR count). The zero-order valence-electron chi connectivity index (χ0n) is 62.1. The molecule has 614 valence electrons. The Morgan fingerprint density at radius 3 is 1.13 bits per heavy atom. The minimum Gasteiger partial charge on any atom is -0.422 e. The second kappa shape index (κ2) is 58.2. The van der Waals surface area contributed by atoms with Gasteiger partial charge in [-0.15, -0.1) is 0 Å². The first kappa shape index (κ1) is 95.5. The van der Waals surface area contributed by atoms with Crippen molar-refractivity contribution in [2.75, 3.05) is 159 Å². The van der Waals surface area contributed by atoms with Crippen LogP contribution in [0.5, 0.6) is 0 Å². The van der Waals surface area contributed by atoms with Crippen molar-refractivity contribution in [2.45, 2.75) is 87.3 Å². The number of carbonyl (C=O) groups is 7. The molecule has 39 heteroatoms. The number of nitrogens with one attached hydrogen (secondary N) is 11. The number of carbonyl (C=O) groups excluding carboxylic acids is 7. The molecule has 0 aliphatic rings. The van der Waals surface area contributed by atoms with Crippen LogP contribution in [0.4, 0.5) is 4.79 Å². The van der Waals surface area contributed by atoms with Crippen molar-refractivity contribution in [3.63, 3.8) is 0 Å². The molecule has 0 spiro atoms. The van der Waals surface area contributed by atoms with Crippen molar-refractivity contribution in [1.29, 1.82) is 10.8 Å². The second-order valence-electron chi connectivity index (χ2n) is 24.0. The molecule has 110 heavy (non-hydrogen) atoms. The van der Waals surface area contributed by atoms with Gasteiger partial charge in [-0.25, -0.2) is 31.1 Å². The Hall–Kier alpha value is -8.75. The van der Waals surface area contributed by atoms with E-state index in [1.54, 1.807) is 109 Å². The van der Waals surface area contributed by atoms with Crippen LogP contribution in [-0.2, 0) is 121 Å². The van der Waals surface area contributed by atoms with E-state index in [1.807, 2.05) is 0 Å². The predicted octanol–water partition coefficient (Wildman–Crippen LogP) is -1.90. The first-order valence-electron chi connectivity index (χ1n) is 35.6. The van der Waals surface area contributed by atoms with E-state index in [4.69, 9.17) is 70.7 Å². The molecule has 0 unspecified atom stereocenters. The Morgan fingerprint density at radius 2 is 0.773 bits per heavy atom. The van der Waals surface area contributed by atoms with Gasteiger partial charge in [-0.05, 0) is 60.8 Å². The van der Waals surface area contributed by atoms with Gasteiger partial charge in [0.2, 0.25) is 55.5 Å². The number of aliphatic hydroxyl groups is 2. The summed E-state index contributed by atoms with van der Waals surface area (Å²) in [5.41, 5.74) is 19.7. The number of rotatable bonds is 61. The molecule has 0 radical (unpaired) electrons. The molecule has 19 N–H and O–H groups in total. The van der Waals surface area contributed by atoms with Gasteiger partial charge in [-0.3, -0.25) is 39.6 Å². The molecule has 0 heterocycles. The molecule has 4 aromatic rings. The Labute approximate surface area is 641 Å². The average molecular weight is 1590 g/mol. The van der Waals surface area contributed by atoms with E-state index in [2.05, 4.69) is 51.4 Å². The zero-order chi connectivity index (χ0) is 80.5. The number of aliphatic hydroxyl groups excluding tert-OH is 2. The topological polar surface area (TPSA) is 555 Å². The molecular formula is C71H110N14O23S2. The van der Waals surface area contributed by atoms with Gasteiger partial charge in [-0.1, -0.05) is 109 Å². The van der Waals surface area contributed by atoms with Crippen molar-refractivity contribution in [3.8, 4) is 0 Å². The SMILES string of the molecule is COCOC(=O)NCCCC[C@H](NC(=O)[C@@H](CO)NS(=O)(=O)Cc1ccccc1)C(=O)NCc1ccc(C(=N)N)cc1.N=C(N)c1ccc(CNC(=O)[C@H](CCCCNC(=O)COCC(=O)NCCOCCOCCOCCOCCOCCOCCOCCN)NC(=O)[C@@H](CO)NS(=O)(=O)Cc2ccccc2)cc1. The average Bonchev–Trinajstić information content (AvgIpc) is 0.860. The summed E-state index contributed by atoms with van der Waals surface area (Å²) < 4.78 is 108. The highest BCUT2D eigenvalue weighted by molar-refractivity contribution is 7.89. The van der Waals surface area contributed by atoms with Crippen molar-refractivity contribution in [1.82, 2.24) is 46.7 Å². The standard InChI is InChI=1S/C44H72N8O15S.C27H38N6O8S/c45-13-16-60-18-20-62-22-24-64-26-28-66-29-27-65-25-23-63-21-19-61-17-15-49-41(55)33-67-32-40(54)48-14-5-4-8-38(43(56)50-30-35-9-11-37(12-10-35)42(46)47)51-44(57)39(31-53)52-68(58,59)34-36-6-2-1-3-7-36;1-40-18-41-27(37)30-14-6-5-9-22(25(35)31-15-19-10-12-21(13-11-19)24(28)29)32-26(36)23(16-34)33-42(38,39)17-20-7-3-2-4-8-20/h1-3,6-7,9-12,38-39,52-53H,4-5,8,13-34,45H2,(H3,46,47)(H,48,54)(H,49,55)(H,50,56)(H,51,57);2-4,7-8,10-13,22-23,33-34H,5-6,9,14-18H2,1H3,(H3,28,29)(H,30,37)(H,31,35)(H,32,36)/t38-,39+;22-,23+/m00/s1. The molecule has 4 aromatic carbocycles. The molecule has 0 fully saturated rings. The van der Waals surface area contributed by atoms with Gasteiger partial charge in [0.25, 0.3) is 0 Å². The summed E-state index contributed by atoms with van der Waals surface area (Å²) in [5, 5.41) is 53.1. The van der Waals surface area contributed by atoms with Crippen LogP contribution < -0.4 is 63.9 Å². The fourth-order valence-electron chi connectivity index (χ4n) is 9.40. The van der Waals surface area contributed by atoms with Crippen molar-refractivity contribution < 1.29 is 108 Å². The summed E-state index contributed by atoms with van der Waals surface area (Å²) >= 11 is 0. The number of benzene rings is 4. The fourth-order valence-corrected chi connectivity index (χ4v) is 12.1. The third kappa shape index (κ3) is 46.0. The zero-order valence-corrected chi connectivity index (χ0v) is 63.7. The van der Waals surface area contributed by atoms with Gasteiger partial charge < -0.3 is 112 Å². The summed E-state index contributed by atoms with van der Waals surface area (Å²) in [5.74, 6) is -4.80. The molecule has 0 aliphatic carbocycles. The quantitative estimate of drug-likeness (QED) is 0.00993. The Balaban J connectivity index is 0.000000637. The normalized spacial score (nSPS) is 12.4. The van der Waals surface area contributed by atoms with Crippen LogP contribution in [0.2, 0.25) is 0 Å². The van der Waals surface area contributed by atoms with E-state index >= 15 is 0 Å². The van der Waals surface area contributed by atoms with Gasteiger partial charge in [0, 0.05) is 57.5 Å². The number of methoxy groups -OCH3 is 1. The largest absolute Gasteiger partial charge is 0.422 e. The summed E-state index contributed by atoms with van der Waals surface area (Å²) in [7, 11) is -6.67. The van der Waals surface area contributed by atoms with Crippen LogP contribution in [0.3, 0.4) is 0 Å². The lowest BCUT2D eigenvalue weighted by Gasteiger charge is -2.22. The third-order valence-corrected chi connectivity index (χ3v) is 17.8. The number of nitrogens with two attached hydrogens (primary N) is 3. The second-order valence-corrected chi connectivity index (χ2v) is 27.5. The van der Waals surface area contributed by atoms with Crippen molar-refractivity contribution in [3.05, 3.63) is 143 Å². The van der Waals surface area contributed by atoms with E-state index in [0.29, 0.717) is 146 Å². The number of alkyl carbamates (subject to hydrolysis) is 1. The lowest BCUT2D eigenvalue weighted by molar-refractivity contribution is -0.131. The maximum absolute atomic E-state index is 13.3. The molecule has 0 aliphatic heterocycles. The van der Waals surface area contributed by atoms with Gasteiger partial charge in [0.15, 0.2) is 6.79 Å². The first-order chi connectivity index (χ1) is 53.0. The van der Waals surface area contributed by atoms with Crippen LogP contribution in [0, 0.1) is 10.8 Å². The molecule has 7 amide bonds. The lowest BCUT2D eigenvalue weighted by atomic mass is 10.1. The monoisotopic (exact) mass is 1590 g/mol. The lowest BCUT2D eigenvalue weighted by Crippen LogP contribution is -2.55. The van der Waals surface area contributed by atoms with E-state index < -0.39 is 110 Å². The van der Waals surface area contributed by atoms with E-state index in [0.717, 1.165) is 5.56 Å². The van der Waals surface area contributed by atoms with Crippen LogP contribution in [-0.4, -0.2) is 263 Å². The maximum atomic E-state index is 13.3. The van der Waals surface area contributed by atoms with E-state index in [1.165, 1.54) is 7.11 Å². The number of hydrogen-bond acceptors (Lipinski definition) is 26. The number of unbranched alkanes of at least 4 members (excludes halogenated alkanes) is 2. The summed E-state index contributed by atoms with van der Waals surface area (Å²) in [4.78, 5) is 88.5. The van der Waals surface area contributed by atoms with Gasteiger partial charge >= 0.3 is 6.09 Å². The summed E-state index contributed by atoms with van der Waals surface area (Å²) in [6.07, 6.45) is 1.19. The predicted molar refractivity (Wildman–Crippen MR) is 404 cm³/mol. The highest BCUT2D eigenvalue weighted by Gasteiger charge is 2.31. The highest BCUT2D eigenvalue weighted by atomic mass is 32.2. The third-order valence-electron chi connectivity index (χ3n) is 15.0. The molecule has 0 saturated carbocycles. The summed E-state index contributed by atoms with van der Waals surface area (Å²) in [6, 6.07) is 24.6. The van der Waals surface area contributed by atoms with Crippen molar-refractivity contribution >= 4 is 73.3 Å². The molecule has 0 saturated heterocycles. The van der Waals surface area contributed by atoms with Crippen LogP contribution in [0.25, 0.3) is 0 Å². The van der Waals surface area contributed by atoms with Crippen LogP contribution in [0.15, 0.2) is 109 Å². The number of nitrogen functional groups attached to an aromatic ring is 2. The molecule has 4 atom stereocenters. The molecule has 0 bridgehead atoms. The Bertz CT molecular complexity index is 3530. The number of hydrogen-bond donors (Lipinski definition) is 16. The summed E-state index contributed by atoms with van der Waals surface area (Å²) in [6.45, 7) is 4.80. The van der Waals surface area contributed by atoms with Gasteiger partial charge in [0.05, 0.1) is 117 Å². The molecular weight excluding hydrogens is 1480 g/mol. The minimum absolute atomic E-state index is 0.0776. The van der Waals surface area contributed by atoms with E-state index in [-0.39, 0.29) is 83.9 Å². The fraction of sp³-hybridized carbons (Fsp3) is 0.535. The van der Waals surface area contributed by atoms with Gasteiger partial charge in [-0.2, -0.15) is 0 Å². The smallest absolute Gasteiger partial charge is 0.409 e. The number of amides is 7. The highest BCUT2D eigenvalue weighted by Crippen LogP contribution is 2.12. The number of ether oxygens (including phenoxy) is 10. The Morgan fingerprint density at radius 1 is 0.418 bits per heavy atom. The van der Waals surface area contributed by atoms with Crippen LogP contribution >= 0.6 is 0 Å². The first-order valence-corrected chi connectivity index (χ1v) is 38.9. The van der Waals surface area contributed by atoms with Gasteiger partial charge in [0.1, 0.15) is 49.1 Å². The molecule has 37 nitrogen and oxygen atoms in total. The van der Waals surface area contributed by atoms with Crippen LogP contribution in [0.1, 0.15) is 71.9 Å². The Kier molecular flexibility index (Phi) is 50.5. The minimum atomic E-state index is -4.05. The number of sulfonamides is 2.